The van der Waals surface area contributed by atoms with Crippen molar-refractivity contribution in [3.63, 3.8) is 0 Å². The first-order chi connectivity index (χ1) is 13.4. The van der Waals surface area contributed by atoms with E-state index in [-0.39, 0.29) is 5.13 Å². The number of nitrogens with zero attached hydrogens (tertiary/aromatic N) is 3. The van der Waals surface area contributed by atoms with Crippen LogP contribution >= 0.6 is 11.3 Å². The van der Waals surface area contributed by atoms with E-state index in [0.717, 1.165) is 27.8 Å². The number of rotatable bonds is 4. The monoisotopic (exact) mass is 393 g/mol. The van der Waals surface area contributed by atoms with Crippen LogP contribution in [0.5, 0.6) is 0 Å². The molecule has 0 radical (unpaired) electrons. The smallest absolute Gasteiger partial charge is 0.292 e. The molecule has 0 saturated heterocycles. The Hall–Kier alpha value is -3.39. The maximum atomic E-state index is 12.0. The summed E-state index contributed by atoms with van der Waals surface area (Å²) in [4.78, 5) is 24.0. The Morgan fingerprint density at radius 3 is 2.36 bits per heavy atom. The van der Waals surface area contributed by atoms with Gasteiger partial charge in [-0.3, -0.25) is 14.9 Å². The molecule has 8 heteroatoms. The Morgan fingerprint density at radius 2 is 1.68 bits per heavy atom. The van der Waals surface area contributed by atoms with E-state index in [2.05, 4.69) is 26.0 Å². The van der Waals surface area contributed by atoms with Gasteiger partial charge in [0, 0.05) is 11.1 Å². The van der Waals surface area contributed by atoms with Crippen LogP contribution in [0, 0.1) is 20.8 Å². The molecule has 28 heavy (non-hydrogen) atoms. The van der Waals surface area contributed by atoms with Crippen molar-refractivity contribution in [2.24, 2.45) is 5.10 Å². The van der Waals surface area contributed by atoms with E-state index in [1.165, 1.54) is 17.6 Å². The topological polar surface area (TPSA) is 96.3 Å². The number of hydrogen-bond acceptors (Lipinski definition) is 6. The number of aryl methyl sites for hydroxylation is 3. The highest BCUT2D eigenvalue weighted by molar-refractivity contribution is 7.18. The lowest BCUT2D eigenvalue weighted by molar-refractivity contribution is -0.136. The fourth-order valence-electron chi connectivity index (χ4n) is 2.73. The molecule has 0 aliphatic heterocycles. The maximum Gasteiger partial charge on any atom is 0.329 e. The van der Waals surface area contributed by atoms with Gasteiger partial charge in [-0.2, -0.15) is 5.10 Å². The molecule has 1 aromatic heterocycles. The standard InChI is InChI=1S/C20H19N5O2S/c1-12-9-13(2)16(14(3)10-12)11-21-23-18(27)17(26)22-20-25-24-19(28-20)15-7-5-4-6-8-15/h4-11H,1-3H3,(H,23,27)(H,22,25,26)/b21-11-. The Kier molecular flexibility index (Phi) is 5.90. The summed E-state index contributed by atoms with van der Waals surface area (Å²) in [7, 11) is 0. The van der Waals surface area contributed by atoms with Crippen LogP contribution in [-0.4, -0.2) is 28.2 Å². The van der Waals surface area contributed by atoms with Gasteiger partial charge in [-0.15, -0.1) is 10.2 Å². The Morgan fingerprint density at radius 1 is 1.00 bits per heavy atom. The summed E-state index contributed by atoms with van der Waals surface area (Å²) < 4.78 is 0. The average molecular weight is 393 g/mol. The molecule has 0 spiro atoms. The summed E-state index contributed by atoms with van der Waals surface area (Å²) in [6.07, 6.45) is 1.54. The summed E-state index contributed by atoms with van der Waals surface area (Å²) in [5, 5.41) is 15.1. The van der Waals surface area contributed by atoms with Crippen molar-refractivity contribution in [2.45, 2.75) is 20.8 Å². The van der Waals surface area contributed by atoms with Crippen LogP contribution in [-0.2, 0) is 9.59 Å². The van der Waals surface area contributed by atoms with Crippen molar-refractivity contribution >= 4 is 34.5 Å². The molecule has 2 aromatic carbocycles. The molecule has 0 aliphatic carbocycles. The van der Waals surface area contributed by atoms with E-state index in [0.29, 0.717) is 5.01 Å². The van der Waals surface area contributed by atoms with E-state index in [1.54, 1.807) is 0 Å². The molecule has 2 N–H and O–H groups in total. The van der Waals surface area contributed by atoms with Gasteiger partial charge in [0.05, 0.1) is 6.21 Å². The van der Waals surface area contributed by atoms with E-state index in [4.69, 9.17) is 0 Å². The third kappa shape index (κ3) is 4.66. The van der Waals surface area contributed by atoms with E-state index in [9.17, 15) is 9.59 Å². The van der Waals surface area contributed by atoms with Crippen LogP contribution in [0.3, 0.4) is 0 Å². The molecule has 7 nitrogen and oxygen atoms in total. The van der Waals surface area contributed by atoms with Crippen molar-refractivity contribution < 1.29 is 9.59 Å². The number of nitrogens with one attached hydrogen (secondary N) is 2. The summed E-state index contributed by atoms with van der Waals surface area (Å²) >= 11 is 1.19. The minimum Gasteiger partial charge on any atom is -0.292 e. The zero-order valence-corrected chi connectivity index (χ0v) is 16.5. The van der Waals surface area contributed by atoms with Crippen LogP contribution in [0.2, 0.25) is 0 Å². The predicted molar refractivity (Wildman–Crippen MR) is 110 cm³/mol. The number of aromatic nitrogens is 2. The number of carbonyl (C=O) groups excluding carboxylic acids is 2. The Labute approximate surface area is 166 Å². The molecule has 0 unspecified atom stereocenters. The largest absolute Gasteiger partial charge is 0.329 e. The third-order valence-corrected chi connectivity index (χ3v) is 4.86. The Balaban J connectivity index is 1.60. The molecule has 142 valence electrons. The average Bonchev–Trinajstić information content (AvgIpc) is 3.12. The fourth-order valence-corrected chi connectivity index (χ4v) is 3.47. The second-order valence-electron chi connectivity index (χ2n) is 6.24. The number of carbonyl (C=O) groups is 2. The first-order valence-electron chi connectivity index (χ1n) is 8.55. The van der Waals surface area contributed by atoms with Crippen LogP contribution < -0.4 is 10.7 Å². The number of amides is 2. The van der Waals surface area contributed by atoms with Crippen molar-refractivity contribution in [1.29, 1.82) is 0 Å². The molecular weight excluding hydrogens is 374 g/mol. The maximum absolute atomic E-state index is 12.0. The van der Waals surface area contributed by atoms with Gasteiger partial charge in [-0.1, -0.05) is 59.4 Å². The molecule has 2 amide bonds. The highest BCUT2D eigenvalue weighted by atomic mass is 32.1. The first kappa shape index (κ1) is 19.4. The zero-order chi connectivity index (χ0) is 20.1. The SMILES string of the molecule is Cc1cc(C)c(/C=N\NC(=O)C(=O)Nc2nnc(-c3ccccc3)s2)c(C)c1. The minimum absolute atomic E-state index is 0.244. The summed E-state index contributed by atoms with van der Waals surface area (Å²) in [5.41, 5.74) is 7.27. The summed E-state index contributed by atoms with van der Waals surface area (Å²) in [6.45, 7) is 5.95. The van der Waals surface area contributed by atoms with Gasteiger partial charge < -0.3 is 0 Å². The highest BCUT2D eigenvalue weighted by Crippen LogP contribution is 2.25. The molecule has 0 atom stereocenters. The zero-order valence-electron chi connectivity index (χ0n) is 15.7. The number of benzene rings is 2. The third-order valence-electron chi connectivity index (χ3n) is 3.97. The lowest BCUT2D eigenvalue weighted by Gasteiger charge is -2.06. The normalized spacial score (nSPS) is 10.8. The van der Waals surface area contributed by atoms with E-state index < -0.39 is 11.8 Å². The second kappa shape index (κ2) is 8.53. The molecule has 3 aromatic rings. The summed E-state index contributed by atoms with van der Waals surface area (Å²) in [5.74, 6) is -1.74. The van der Waals surface area contributed by atoms with Crippen molar-refractivity contribution in [2.75, 3.05) is 5.32 Å². The van der Waals surface area contributed by atoms with Gasteiger partial charge >= 0.3 is 11.8 Å². The Bertz CT molecular complexity index is 1020. The lowest BCUT2D eigenvalue weighted by Crippen LogP contribution is -2.32. The van der Waals surface area contributed by atoms with Gasteiger partial charge in [-0.25, -0.2) is 5.43 Å². The van der Waals surface area contributed by atoms with Crippen molar-refractivity contribution in [3.05, 3.63) is 64.7 Å². The molecule has 1 heterocycles. The van der Waals surface area contributed by atoms with E-state index in [1.807, 2.05) is 63.2 Å². The molecular formula is C20H19N5O2S. The van der Waals surface area contributed by atoms with Gasteiger partial charge in [0.25, 0.3) is 0 Å². The number of hydrazone groups is 1. The van der Waals surface area contributed by atoms with Crippen molar-refractivity contribution in [1.82, 2.24) is 15.6 Å². The van der Waals surface area contributed by atoms with Gasteiger partial charge in [0.15, 0.2) is 0 Å². The second-order valence-corrected chi connectivity index (χ2v) is 7.22. The molecule has 0 saturated carbocycles. The number of anilines is 1. The van der Waals surface area contributed by atoms with Gasteiger partial charge in [0.1, 0.15) is 5.01 Å². The van der Waals surface area contributed by atoms with Gasteiger partial charge in [0.2, 0.25) is 5.13 Å². The van der Waals surface area contributed by atoms with Crippen LogP contribution in [0.4, 0.5) is 5.13 Å². The highest BCUT2D eigenvalue weighted by Gasteiger charge is 2.16. The van der Waals surface area contributed by atoms with Crippen LogP contribution in [0.25, 0.3) is 10.6 Å². The lowest BCUT2D eigenvalue weighted by atomic mass is 10.0. The quantitative estimate of drug-likeness (QED) is 0.404. The van der Waals surface area contributed by atoms with Gasteiger partial charge in [-0.05, 0) is 31.9 Å². The molecule has 0 aliphatic rings. The molecule has 3 rings (SSSR count). The van der Waals surface area contributed by atoms with E-state index >= 15 is 0 Å². The molecule has 0 fully saturated rings. The first-order valence-corrected chi connectivity index (χ1v) is 9.37. The molecule has 0 bridgehead atoms. The number of hydrogen-bond donors (Lipinski definition) is 2. The minimum atomic E-state index is -0.880. The van der Waals surface area contributed by atoms with Crippen molar-refractivity contribution in [3.8, 4) is 10.6 Å². The van der Waals surface area contributed by atoms with Crippen LogP contribution in [0.15, 0.2) is 47.6 Å². The summed E-state index contributed by atoms with van der Waals surface area (Å²) in [6, 6.07) is 13.5. The van der Waals surface area contributed by atoms with Crippen LogP contribution in [0.1, 0.15) is 22.3 Å². The fraction of sp³-hybridized carbons (Fsp3) is 0.150. The predicted octanol–water partition coefficient (Wildman–Crippen LogP) is 3.22.